The van der Waals surface area contributed by atoms with Crippen LogP contribution in [0.4, 0.5) is 0 Å². The van der Waals surface area contributed by atoms with E-state index < -0.39 is 0 Å². The molecule has 184 valence electrons. The molecule has 0 aliphatic carbocycles. The summed E-state index contributed by atoms with van der Waals surface area (Å²) < 4.78 is 5.96. The number of hydrogen-bond donors (Lipinski definition) is 1. The van der Waals surface area contributed by atoms with Crippen molar-refractivity contribution in [3.8, 4) is 11.5 Å². The molecule has 0 unspecified atom stereocenters. The molecule has 0 saturated heterocycles. The van der Waals surface area contributed by atoms with Gasteiger partial charge in [0, 0.05) is 6.42 Å². The largest absolute Gasteiger partial charge is 0.507 e. The Balaban J connectivity index is 1.94. The third kappa shape index (κ3) is 9.07. The Hall–Kier alpha value is -1.96. The van der Waals surface area contributed by atoms with Crippen molar-refractivity contribution in [2.24, 2.45) is 0 Å². The van der Waals surface area contributed by atoms with Crippen LogP contribution in [-0.2, 0) is 17.3 Å². The van der Waals surface area contributed by atoms with Crippen molar-refractivity contribution >= 4 is 0 Å². The van der Waals surface area contributed by atoms with Gasteiger partial charge in [0.1, 0.15) is 11.5 Å². The van der Waals surface area contributed by atoms with E-state index in [0.717, 1.165) is 36.3 Å². The summed E-state index contributed by atoms with van der Waals surface area (Å²) in [6.45, 7) is 16.2. The van der Waals surface area contributed by atoms with Gasteiger partial charge in [0.05, 0.1) is 6.61 Å². The summed E-state index contributed by atoms with van der Waals surface area (Å²) in [5, 5.41) is 11.1. The lowest BCUT2D eigenvalue weighted by atomic mass is 9.78. The first-order valence-electron chi connectivity index (χ1n) is 13.1. The van der Waals surface area contributed by atoms with Crippen LogP contribution in [-0.4, -0.2) is 11.7 Å². The summed E-state index contributed by atoms with van der Waals surface area (Å²) in [6, 6.07) is 12.7. The predicted molar refractivity (Wildman–Crippen MR) is 143 cm³/mol. The number of hydrogen-bond acceptors (Lipinski definition) is 2. The molecule has 0 fully saturated rings. The molecule has 0 spiro atoms. The molecular formula is C31H48O2. The average Bonchev–Trinajstić information content (AvgIpc) is 2.73. The Morgan fingerprint density at radius 2 is 1.30 bits per heavy atom. The lowest BCUT2D eigenvalue weighted by Crippen LogP contribution is -2.17. The lowest BCUT2D eigenvalue weighted by molar-refractivity contribution is 0.304. The first-order chi connectivity index (χ1) is 15.5. The molecule has 0 saturated carbocycles. The second-order valence-corrected chi connectivity index (χ2v) is 11.7. The molecule has 0 bridgehead atoms. The van der Waals surface area contributed by atoms with Gasteiger partial charge in [0.2, 0.25) is 0 Å². The highest BCUT2D eigenvalue weighted by atomic mass is 16.5. The maximum atomic E-state index is 11.1. The zero-order valence-corrected chi connectivity index (χ0v) is 22.4. The van der Waals surface area contributed by atoms with Crippen molar-refractivity contribution < 1.29 is 9.84 Å². The standard InChI is InChI=1S/C31H48O2/c1-8-9-10-11-12-13-14-15-20-33-27-18-16-24(17-19-27)21-25-22-26(30(2,3)4)23-28(29(25)32)31(5,6)7/h16-19,22-23,32H,8-15,20-21H2,1-7H3. The predicted octanol–water partition coefficient (Wildman–Crippen LogP) is 9.10. The summed E-state index contributed by atoms with van der Waals surface area (Å²) in [5.41, 5.74) is 4.42. The molecule has 0 radical (unpaired) electrons. The first kappa shape index (κ1) is 27.3. The molecular weight excluding hydrogens is 404 g/mol. The topological polar surface area (TPSA) is 29.5 Å². The Bertz CT molecular complexity index is 835. The van der Waals surface area contributed by atoms with Gasteiger partial charge in [-0.15, -0.1) is 0 Å². The van der Waals surface area contributed by atoms with E-state index in [1.165, 1.54) is 56.1 Å². The van der Waals surface area contributed by atoms with Crippen LogP contribution in [0.5, 0.6) is 11.5 Å². The average molecular weight is 453 g/mol. The molecule has 0 aliphatic rings. The van der Waals surface area contributed by atoms with Gasteiger partial charge in [0.15, 0.2) is 0 Å². The van der Waals surface area contributed by atoms with Gasteiger partial charge in [-0.05, 0) is 51.6 Å². The fraction of sp³-hybridized carbons (Fsp3) is 0.613. The van der Waals surface area contributed by atoms with Gasteiger partial charge < -0.3 is 9.84 Å². The molecule has 2 aromatic rings. The fourth-order valence-corrected chi connectivity index (χ4v) is 4.18. The van der Waals surface area contributed by atoms with Crippen LogP contribution in [0.3, 0.4) is 0 Å². The van der Waals surface area contributed by atoms with Crippen molar-refractivity contribution in [1.29, 1.82) is 0 Å². The summed E-state index contributed by atoms with van der Waals surface area (Å²) in [7, 11) is 0. The molecule has 0 atom stereocenters. The number of unbranched alkanes of at least 4 members (excludes halogenated alkanes) is 7. The van der Waals surface area contributed by atoms with Crippen LogP contribution >= 0.6 is 0 Å². The van der Waals surface area contributed by atoms with Crippen LogP contribution in [0.1, 0.15) is 122 Å². The van der Waals surface area contributed by atoms with Crippen molar-refractivity contribution in [1.82, 2.24) is 0 Å². The molecule has 0 aliphatic heterocycles. The number of aromatic hydroxyl groups is 1. The van der Waals surface area contributed by atoms with Crippen molar-refractivity contribution in [3.05, 3.63) is 58.7 Å². The highest BCUT2D eigenvalue weighted by molar-refractivity contribution is 5.50. The van der Waals surface area contributed by atoms with Crippen LogP contribution in [0.15, 0.2) is 36.4 Å². The highest BCUT2D eigenvalue weighted by Gasteiger charge is 2.24. The zero-order valence-electron chi connectivity index (χ0n) is 22.4. The van der Waals surface area contributed by atoms with Crippen LogP contribution < -0.4 is 4.74 Å². The minimum atomic E-state index is -0.104. The SMILES string of the molecule is CCCCCCCCCCOc1ccc(Cc2cc(C(C)(C)C)cc(C(C)(C)C)c2O)cc1. The summed E-state index contributed by atoms with van der Waals surface area (Å²) in [6.07, 6.45) is 11.2. The van der Waals surface area contributed by atoms with E-state index in [1.807, 2.05) is 0 Å². The smallest absolute Gasteiger partial charge is 0.122 e. The minimum Gasteiger partial charge on any atom is -0.507 e. The van der Waals surface area contributed by atoms with E-state index in [4.69, 9.17) is 4.74 Å². The summed E-state index contributed by atoms with van der Waals surface area (Å²) >= 11 is 0. The van der Waals surface area contributed by atoms with E-state index in [1.54, 1.807) is 0 Å². The number of benzene rings is 2. The van der Waals surface area contributed by atoms with Gasteiger partial charge in [-0.2, -0.15) is 0 Å². The summed E-state index contributed by atoms with van der Waals surface area (Å²) in [4.78, 5) is 0. The quantitative estimate of drug-likeness (QED) is 0.325. The molecule has 2 rings (SSSR count). The van der Waals surface area contributed by atoms with Crippen molar-refractivity contribution in [3.63, 3.8) is 0 Å². The van der Waals surface area contributed by atoms with Crippen LogP contribution in [0.2, 0.25) is 0 Å². The zero-order chi connectivity index (χ0) is 24.5. The van der Waals surface area contributed by atoms with Crippen molar-refractivity contribution in [2.75, 3.05) is 6.61 Å². The van der Waals surface area contributed by atoms with Gasteiger partial charge >= 0.3 is 0 Å². The van der Waals surface area contributed by atoms with E-state index >= 15 is 0 Å². The molecule has 0 heterocycles. The Morgan fingerprint density at radius 1 is 0.727 bits per heavy atom. The third-order valence-corrected chi connectivity index (χ3v) is 6.45. The molecule has 1 N–H and O–H groups in total. The van der Waals surface area contributed by atoms with Gasteiger partial charge in [-0.25, -0.2) is 0 Å². The monoisotopic (exact) mass is 452 g/mol. The first-order valence-corrected chi connectivity index (χ1v) is 13.1. The molecule has 2 nitrogen and oxygen atoms in total. The number of rotatable bonds is 12. The normalized spacial score (nSPS) is 12.2. The van der Waals surface area contributed by atoms with Gasteiger partial charge in [0.25, 0.3) is 0 Å². The van der Waals surface area contributed by atoms with E-state index in [0.29, 0.717) is 5.75 Å². The van der Waals surface area contributed by atoms with Crippen LogP contribution in [0, 0.1) is 0 Å². The molecule has 0 amide bonds. The minimum absolute atomic E-state index is 0.0374. The van der Waals surface area contributed by atoms with Gasteiger partial charge in [-0.1, -0.05) is 118 Å². The third-order valence-electron chi connectivity index (χ3n) is 6.45. The van der Waals surface area contributed by atoms with Crippen molar-refractivity contribution in [2.45, 2.75) is 117 Å². The number of ether oxygens (including phenoxy) is 1. The number of phenolic OH excluding ortho intramolecular Hbond substituents is 1. The van der Waals surface area contributed by atoms with E-state index in [9.17, 15) is 5.11 Å². The maximum absolute atomic E-state index is 11.1. The summed E-state index contributed by atoms with van der Waals surface area (Å²) in [5.74, 6) is 1.37. The molecule has 2 aromatic carbocycles. The second-order valence-electron chi connectivity index (χ2n) is 11.7. The van der Waals surface area contributed by atoms with Crippen LogP contribution in [0.25, 0.3) is 0 Å². The molecule has 2 heteroatoms. The highest BCUT2D eigenvalue weighted by Crippen LogP contribution is 2.38. The van der Waals surface area contributed by atoms with E-state index in [2.05, 4.69) is 84.9 Å². The molecule has 0 aromatic heterocycles. The lowest BCUT2D eigenvalue weighted by Gasteiger charge is -2.27. The fourth-order valence-electron chi connectivity index (χ4n) is 4.18. The van der Waals surface area contributed by atoms with Gasteiger partial charge in [-0.3, -0.25) is 0 Å². The molecule has 33 heavy (non-hydrogen) atoms. The number of phenols is 1. The van der Waals surface area contributed by atoms with E-state index in [-0.39, 0.29) is 10.8 Å². The Morgan fingerprint density at radius 3 is 1.85 bits per heavy atom. The second kappa shape index (κ2) is 12.5. The Labute approximate surface area is 203 Å². The maximum Gasteiger partial charge on any atom is 0.122 e. The Kier molecular flexibility index (Phi) is 10.3.